The van der Waals surface area contributed by atoms with Gasteiger partial charge in [-0.2, -0.15) is 0 Å². The second-order valence-corrected chi connectivity index (χ2v) is 6.60. The Bertz CT molecular complexity index is 1220. The van der Waals surface area contributed by atoms with Crippen molar-refractivity contribution in [2.45, 2.75) is 19.8 Å². The molecule has 2 aromatic heterocycles. The maximum atomic E-state index is 6.29. The Balaban J connectivity index is 1.95. The van der Waals surface area contributed by atoms with Crippen LogP contribution in [0.3, 0.4) is 0 Å². The Morgan fingerprint density at radius 1 is 0.875 bits per heavy atom. The van der Waals surface area contributed by atoms with Crippen LogP contribution in [-0.2, 0) is 13.5 Å². The third kappa shape index (κ3) is 1.71. The van der Waals surface area contributed by atoms with E-state index in [4.69, 9.17) is 4.42 Å². The number of hydrogen-bond donors (Lipinski definition) is 0. The van der Waals surface area contributed by atoms with Crippen LogP contribution in [0.25, 0.3) is 43.7 Å². The predicted octanol–water partition coefficient (Wildman–Crippen LogP) is 6.18. The predicted molar refractivity (Wildman–Crippen MR) is 102 cm³/mol. The molecule has 24 heavy (non-hydrogen) atoms. The van der Waals surface area contributed by atoms with Crippen LogP contribution in [0.1, 0.15) is 18.9 Å². The van der Waals surface area contributed by atoms with Crippen molar-refractivity contribution in [2.24, 2.45) is 7.05 Å². The number of aryl methyl sites for hydroxylation is 2. The lowest BCUT2D eigenvalue weighted by Gasteiger charge is -1.98. The zero-order valence-corrected chi connectivity index (χ0v) is 14.0. The molecule has 0 aliphatic heterocycles. The molecule has 0 fully saturated rings. The van der Waals surface area contributed by atoms with E-state index < -0.39 is 0 Å². The smallest absolute Gasteiger partial charge is 0.159 e. The Hall–Kier alpha value is -2.74. The molecule has 5 aromatic rings. The van der Waals surface area contributed by atoms with E-state index in [1.165, 1.54) is 38.1 Å². The topological polar surface area (TPSA) is 18.1 Å². The number of hydrogen-bond acceptors (Lipinski definition) is 1. The third-order valence-electron chi connectivity index (χ3n) is 5.11. The summed E-state index contributed by atoms with van der Waals surface area (Å²) in [5.74, 6) is 0. The van der Waals surface area contributed by atoms with Crippen molar-refractivity contribution in [1.29, 1.82) is 0 Å². The number of benzene rings is 3. The highest BCUT2D eigenvalue weighted by atomic mass is 16.3. The van der Waals surface area contributed by atoms with Gasteiger partial charge in [-0.1, -0.05) is 43.7 Å². The first-order chi connectivity index (χ1) is 11.8. The molecule has 0 aliphatic carbocycles. The second kappa shape index (κ2) is 4.88. The second-order valence-electron chi connectivity index (χ2n) is 6.60. The van der Waals surface area contributed by atoms with Crippen molar-refractivity contribution < 1.29 is 4.42 Å². The van der Waals surface area contributed by atoms with Crippen LogP contribution in [0.15, 0.2) is 59.0 Å². The fraction of sp³-hybridized carbons (Fsp3) is 0.182. The first kappa shape index (κ1) is 13.7. The summed E-state index contributed by atoms with van der Waals surface area (Å²) in [7, 11) is 2.12. The van der Waals surface area contributed by atoms with E-state index in [1.807, 2.05) is 0 Å². The van der Waals surface area contributed by atoms with Gasteiger partial charge in [0.1, 0.15) is 5.58 Å². The van der Waals surface area contributed by atoms with E-state index in [0.29, 0.717) is 0 Å². The number of rotatable bonds is 2. The fourth-order valence-corrected chi connectivity index (χ4v) is 3.98. The summed E-state index contributed by atoms with van der Waals surface area (Å²) < 4.78 is 8.54. The molecule has 2 heteroatoms. The summed E-state index contributed by atoms with van der Waals surface area (Å²) >= 11 is 0. The van der Waals surface area contributed by atoms with E-state index in [9.17, 15) is 0 Å². The van der Waals surface area contributed by atoms with Crippen molar-refractivity contribution in [3.63, 3.8) is 0 Å². The summed E-state index contributed by atoms with van der Waals surface area (Å²) in [6, 6.07) is 19.6. The lowest BCUT2D eigenvalue weighted by atomic mass is 10.0. The van der Waals surface area contributed by atoms with Gasteiger partial charge in [0.25, 0.3) is 0 Å². The molecule has 0 radical (unpaired) electrons. The largest absolute Gasteiger partial charge is 0.454 e. The normalized spacial score (nSPS) is 12.1. The molecular weight excluding hydrogens is 294 g/mol. The lowest BCUT2D eigenvalue weighted by Crippen LogP contribution is -1.86. The molecule has 2 nitrogen and oxygen atoms in total. The van der Waals surface area contributed by atoms with Crippen molar-refractivity contribution in [3.05, 3.63) is 60.2 Å². The van der Waals surface area contributed by atoms with Crippen LogP contribution in [0.5, 0.6) is 0 Å². The summed E-state index contributed by atoms with van der Waals surface area (Å²) in [5, 5.41) is 4.97. The van der Waals surface area contributed by atoms with E-state index in [2.05, 4.69) is 73.1 Å². The van der Waals surface area contributed by atoms with Crippen molar-refractivity contribution >= 4 is 43.7 Å². The zero-order valence-electron chi connectivity index (χ0n) is 14.0. The molecule has 0 spiro atoms. The number of furan rings is 1. The first-order valence-electron chi connectivity index (χ1n) is 8.59. The van der Waals surface area contributed by atoms with E-state index in [0.717, 1.165) is 24.0 Å². The van der Waals surface area contributed by atoms with Gasteiger partial charge < -0.3 is 8.98 Å². The minimum atomic E-state index is 0.975. The molecule has 0 unspecified atom stereocenters. The van der Waals surface area contributed by atoms with Crippen molar-refractivity contribution in [3.8, 4) is 0 Å². The summed E-state index contributed by atoms with van der Waals surface area (Å²) in [6.07, 6.45) is 2.27. The van der Waals surface area contributed by atoms with Crippen molar-refractivity contribution in [2.75, 3.05) is 0 Å². The van der Waals surface area contributed by atoms with Crippen LogP contribution >= 0.6 is 0 Å². The van der Waals surface area contributed by atoms with Crippen LogP contribution < -0.4 is 0 Å². The maximum absolute atomic E-state index is 6.29. The van der Waals surface area contributed by atoms with Crippen LogP contribution in [0.4, 0.5) is 0 Å². The highest BCUT2D eigenvalue weighted by molar-refractivity contribution is 6.20. The van der Waals surface area contributed by atoms with Gasteiger partial charge in [-0.3, -0.25) is 0 Å². The Kier molecular flexibility index (Phi) is 2.78. The molecule has 0 amide bonds. The average Bonchev–Trinajstić information content (AvgIpc) is 3.11. The molecule has 0 saturated heterocycles. The summed E-state index contributed by atoms with van der Waals surface area (Å²) in [4.78, 5) is 0. The lowest BCUT2D eigenvalue weighted by molar-refractivity contribution is 0.670. The van der Waals surface area contributed by atoms with Gasteiger partial charge >= 0.3 is 0 Å². The first-order valence-corrected chi connectivity index (χ1v) is 8.59. The van der Waals surface area contributed by atoms with Crippen molar-refractivity contribution in [1.82, 2.24) is 4.57 Å². The summed E-state index contributed by atoms with van der Waals surface area (Å²) in [5.41, 5.74) is 5.77. The number of aromatic nitrogens is 1. The standard InChI is InChI=1S/C22H19NO/c1-3-6-14-9-12-20-18(13-14)17-11-10-16-15-7-4-5-8-19(15)23(2)21(16)22(17)24-20/h4-5,7-13H,3,6H2,1-2H3. The third-order valence-corrected chi connectivity index (χ3v) is 5.11. The highest BCUT2D eigenvalue weighted by Gasteiger charge is 2.16. The number of nitrogens with zero attached hydrogens (tertiary/aromatic N) is 1. The molecule has 3 aromatic carbocycles. The van der Waals surface area contributed by atoms with Gasteiger partial charge in [0.2, 0.25) is 0 Å². The molecule has 0 aliphatic rings. The Morgan fingerprint density at radius 2 is 1.71 bits per heavy atom. The maximum Gasteiger partial charge on any atom is 0.159 e. The van der Waals surface area contributed by atoms with Gasteiger partial charge in [-0.05, 0) is 36.2 Å². The fourth-order valence-electron chi connectivity index (χ4n) is 3.98. The number of para-hydroxylation sites is 1. The Labute approximate surface area is 140 Å². The van der Waals surface area contributed by atoms with Gasteiger partial charge in [0.05, 0.1) is 5.52 Å². The highest BCUT2D eigenvalue weighted by Crippen LogP contribution is 2.38. The van der Waals surface area contributed by atoms with E-state index in [-0.39, 0.29) is 0 Å². The van der Waals surface area contributed by atoms with Gasteiger partial charge in [0, 0.05) is 34.1 Å². The van der Waals surface area contributed by atoms with Crippen LogP contribution in [0.2, 0.25) is 0 Å². The van der Waals surface area contributed by atoms with Gasteiger partial charge in [-0.25, -0.2) is 0 Å². The SMILES string of the molecule is CCCc1ccc2oc3c(ccc4c5ccccc5n(C)c43)c2c1. The van der Waals surface area contributed by atoms with Crippen LogP contribution in [0, 0.1) is 0 Å². The van der Waals surface area contributed by atoms with Crippen LogP contribution in [-0.4, -0.2) is 4.57 Å². The molecule has 0 saturated carbocycles. The molecule has 0 N–H and O–H groups in total. The van der Waals surface area contributed by atoms with Gasteiger partial charge in [0.15, 0.2) is 5.58 Å². The molecule has 0 bridgehead atoms. The van der Waals surface area contributed by atoms with E-state index in [1.54, 1.807) is 0 Å². The molecule has 0 atom stereocenters. The monoisotopic (exact) mass is 313 g/mol. The summed E-state index contributed by atoms with van der Waals surface area (Å²) in [6.45, 7) is 2.22. The van der Waals surface area contributed by atoms with Gasteiger partial charge in [-0.15, -0.1) is 0 Å². The molecule has 2 heterocycles. The molecular formula is C22H19NO. The zero-order chi connectivity index (χ0) is 16.3. The Morgan fingerprint density at radius 3 is 2.58 bits per heavy atom. The molecule has 118 valence electrons. The molecule has 5 rings (SSSR count). The number of fused-ring (bicyclic) bond motifs is 7. The minimum Gasteiger partial charge on any atom is -0.454 e. The minimum absolute atomic E-state index is 0.975. The van der Waals surface area contributed by atoms with E-state index >= 15 is 0 Å². The quantitative estimate of drug-likeness (QED) is 0.380. The average molecular weight is 313 g/mol.